The number of hydrogen-bond acceptors (Lipinski definition) is 3. The van der Waals surface area contributed by atoms with E-state index in [2.05, 4.69) is 18.9 Å². The van der Waals surface area contributed by atoms with Crippen LogP contribution in [0.3, 0.4) is 0 Å². The minimum absolute atomic E-state index is 0.102. The quantitative estimate of drug-likeness (QED) is 0.771. The summed E-state index contributed by atoms with van der Waals surface area (Å²) in [7, 11) is 2.06. The average molecular weight is 224 g/mol. The van der Waals surface area contributed by atoms with E-state index in [9.17, 15) is 4.79 Å². The number of hydrogen-bond donors (Lipinski definition) is 1. The number of likely N-dealkylation sites (N-methyl/N-ethyl adjacent to an activating group) is 1. The second-order valence-corrected chi connectivity index (χ2v) is 5.64. The van der Waals surface area contributed by atoms with Gasteiger partial charge in [0.1, 0.15) is 0 Å². The van der Waals surface area contributed by atoms with Crippen molar-refractivity contribution in [3.8, 4) is 0 Å². The highest BCUT2D eigenvalue weighted by Crippen LogP contribution is 2.32. The molecule has 0 amide bonds. The van der Waals surface area contributed by atoms with E-state index in [1.807, 2.05) is 0 Å². The highest BCUT2D eigenvalue weighted by molar-refractivity contribution is 5.87. The molecule has 1 saturated carbocycles. The molecule has 2 fully saturated rings. The number of Topliss-reactive ketones (excluding diaryl/α,β-unsaturated/α-hetero) is 1. The van der Waals surface area contributed by atoms with Gasteiger partial charge >= 0.3 is 0 Å². The Balaban J connectivity index is 2.07. The van der Waals surface area contributed by atoms with Crippen LogP contribution in [0.25, 0.3) is 0 Å². The van der Waals surface area contributed by atoms with Crippen molar-refractivity contribution in [1.82, 2.24) is 4.90 Å². The van der Waals surface area contributed by atoms with Crippen LogP contribution in [-0.2, 0) is 4.79 Å². The van der Waals surface area contributed by atoms with Gasteiger partial charge in [0.15, 0.2) is 5.78 Å². The first kappa shape index (κ1) is 12.1. The number of nitrogens with two attached hydrogens (primary N) is 1. The molecule has 3 heteroatoms. The molecule has 16 heavy (non-hydrogen) atoms. The number of carbonyl (C=O) groups excluding carboxylic acids is 1. The van der Waals surface area contributed by atoms with Crippen molar-refractivity contribution in [3.05, 3.63) is 0 Å². The minimum atomic E-state index is 0.102. The normalized spacial score (nSPS) is 41.2. The van der Waals surface area contributed by atoms with E-state index in [1.54, 1.807) is 0 Å². The van der Waals surface area contributed by atoms with Crippen LogP contribution in [0, 0.1) is 11.8 Å². The molecule has 3 nitrogen and oxygen atoms in total. The van der Waals surface area contributed by atoms with E-state index in [1.165, 1.54) is 12.8 Å². The van der Waals surface area contributed by atoms with Gasteiger partial charge in [-0.05, 0) is 45.2 Å². The summed E-state index contributed by atoms with van der Waals surface area (Å²) < 4.78 is 0. The monoisotopic (exact) mass is 224 g/mol. The predicted molar refractivity (Wildman–Crippen MR) is 65.1 cm³/mol. The van der Waals surface area contributed by atoms with Crippen molar-refractivity contribution in [2.24, 2.45) is 17.6 Å². The summed E-state index contributed by atoms with van der Waals surface area (Å²) in [4.78, 5) is 14.7. The Morgan fingerprint density at radius 1 is 1.25 bits per heavy atom. The van der Waals surface area contributed by atoms with Crippen LogP contribution in [0.4, 0.5) is 0 Å². The van der Waals surface area contributed by atoms with Crippen LogP contribution in [0.2, 0.25) is 0 Å². The molecular formula is C13H24N2O. The molecule has 3 unspecified atom stereocenters. The SMILES string of the molecule is CC1CCCC(N)C1C(=O)[C@H]1CCCN1C. The van der Waals surface area contributed by atoms with Crippen molar-refractivity contribution in [3.63, 3.8) is 0 Å². The summed E-state index contributed by atoms with van der Waals surface area (Å²) in [5.41, 5.74) is 6.14. The van der Waals surface area contributed by atoms with Crippen molar-refractivity contribution >= 4 is 5.78 Å². The van der Waals surface area contributed by atoms with E-state index in [-0.39, 0.29) is 18.0 Å². The van der Waals surface area contributed by atoms with E-state index < -0.39 is 0 Å². The molecule has 1 aliphatic carbocycles. The minimum Gasteiger partial charge on any atom is -0.327 e. The Bertz CT molecular complexity index is 257. The van der Waals surface area contributed by atoms with Crippen molar-refractivity contribution in [1.29, 1.82) is 0 Å². The maximum absolute atomic E-state index is 12.5. The Hall–Kier alpha value is -0.410. The Labute approximate surface area is 98.4 Å². The zero-order chi connectivity index (χ0) is 11.7. The standard InChI is InChI=1S/C13H24N2O/c1-9-5-3-6-10(14)12(9)13(16)11-7-4-8-15(11)2/h9-12H,3-8,14H2,1-2H3/t9?,10?,11-,12?/m1/s1. The average Bonchev–Trinajstić information content (AvgIpc) is 2.64. The number of ketones is 1. The molecule has 2 rings (SSSR count). The van der Waals surface area contributed by atoms with Crippen LogP contribution in [0.15, 0.2) is 0 Å². The van der Waals surface area contributed by atoms with E-state index >= 15 is 0 Å². The number of carbonyl (C=O) groups is 1. The summed E-state index contributed by atoms with van der Waals surface area (Å²) in [6.07, 6.45) is 5.57. The molecule has 0 radical (unpaired) electrons. The molecule has 0 aromatic heterocycles. The van der Waals surface area contributed by atoms with Crippen LogP contribution in [-0.4, -0.2) is 36.4 Å². The number of nitrogens with zero attached hydrogens (tertiary/aromatic N) is 1. The summed E-state index contributed by atoms with van der Waals surface area (Å²) in [5, 5.41) is 0. The third kappa shape index (κ3) is 2.16. The Morgan fingerprint density at radius 2 is 2.00 bits per heavy atom. The molecule has 1 saturated heterocycles. The number of rotatable bonds is 2. The van der Waals surface area contributed by atoms with Gasteiger partial charge in [-0.25, -0.2) is 0 Å². The van der Waals surface area contributed by atoms with Crippen LogP contribution >= 0.6 is 0 Å². The molecule has 1 heterocycles. The maximum Gasteiger partial charge on any atom is 0.154 e. The fourth-order valence-corrected chi connectivity index (χ4v) is 3.44. The van der Waals surface area contributed by atoms with Crippen molar-refractivity contribution in [2.75, 3.05) is 13.6 Å². The fraction of sp³-hybridized carbons (Fsp3) is 0.923. The molecule has 1 aliphatic heterocycles. The van der Waals surface area contributed by atoms with Gasteiger partial charge in [-0.15, -0.1) is 0 Å². The van der Waals surface area contributed by atoms with Gasteiger partial charge in [-0.2, -0.15) is 0 Å². The molecule has 2 aliphatic rings. The first-order chi connectivity index (χ1) is 7.61. The summed E-state index contributed by atoms with van der Waals surface area (Å²) >= 11 is 0. The summed E-state index contributed by atoms with van der Waals surface area (Å²) in [5.74, 6) is 1.00. The molecule has 0 aromatic rings. The summed E-state index contributed by atoms with van der Waals surface area (Å²) in [6, 6.07) is 0.252. The zero-order valence-electron chi connectivity index (χ0n) is 10.5. The fourth-order valence-electron chi connectivity index (χ4n) is 3.44. The molecular weight excluding hydrogens is 200 g/mol. The molecule has 0 bridgehead atoms. The first-order valence-corrected chi connectivity index (χ1v) is 6.61. The highest BCUT2D eigenvalue weighted by atomic mass is 16.1. The third-order valence-electron chi connectivity index (χ3n) is 4.45. The predicted octanol–water partition coefficient (Wildman–Crippen LogP) is 1.41. The third-order valence-corrected chi connectivity index (χ3v) is 4.45. The Kier molecular flexibility index (Phi) is 3.65. The lowest BCUT2D eigenvalue weighted by atomic mass is 9.73. The van der Waals surface area contributed by atoms with Crippen molar-refractivity contribution in [2.45, 2.75) is 51.1 Å². The van der Waals surface area contributed by atoms with Crippen LogP contribution in [0.1, 0.15) is 39.0 Å². The van der Waals surface area contributed by atoms with Gasteiger partial charge in [0, 0.05) is 12.0 Å². The van der Waals surface area contributed by atoms with Gasteiger partial charge < -0.3 is 5.73 Å². The molecule has 2 N–H and O–H groups in total. The zero-order valence-corrected chi connectivity index (χ0v) is 10.5. The van der Waals surface area contributed by atoms with Crippen molar-refractivity contribution < 1.29 is 4.79 Å². The largest absolute Gasteiger partial charge is 0.327 e. The van der Waals surface area contributed by atoms with Gasteiger partial charge in [0.25, 0.3) is 0 Å². The topological polar surface area (TPSA) is 46.3 Å². The summed E-state index contributed by atoms with van der Waals surface area (Å²) in [6.45, 7) is 3.25. The lowest BCUT2D eigenvalue weighted by Crippen LogP contribution is -2.48. The molecule has 0 aromatic carbocycles. The second-order valence-electron chi connectivity index (χ2n) is 5.64. The molecule has 4 atom stereocenters. The van der Waals surface area contributed by atoms with Gasteiger partial charge in [0.2, 0.25) is 0 Å². The second kappa shape index (κ2) is 4.84. The Morgan fingerprint density at radius 3 is 2.56 bits per heavy atom. The van der Waals surface area contributed by atoms with E-state index in [4.69, 9.17) is 5.73 Å². The van der Waals surface area contributed by atoms with Crippen LogP contribution in [0.5, 0.6) is 0 Å². The lowest BCUT2D eigenvalue weighted by Gasteiger charge is -2.35. The van der Waals surface area contributed by atoms with Gasteiger partial charge in [-0.1, -0.05) is 13.3 Å². The van der Waals surface area contributed by atoms with Gasteiger partial charge in [-0.3, -0.25) is 9.69 Å². The molecule has 92 valence electrons. The first-order valence-electron chi connectivity index (χ1n) is 6.61. The lowest BCUT2D eigenvalue weighted by molar-refractivity contribution is -0.130. The van der Waals surface area contributed by atoms with Gasteiger partial charge in [0.05, 0.1) is 6.04 Å². The van der Waals surface area contributed by atoms with E-state index in [0.29, 0.717) is 11.7 Å². The van der Waals surface area contributed by atoms with E-state index in [0.717, 1.165) is 25.8 Å². The highest BCUT2D eigenvalue weighted by Gasteiger charge is 2.39. The maximum atomic E-state index is 12.5. The smallest absolute Gasteiger partial charge is 0.154 e. The number of likely N-dealkylation sites (tertiary alicyclic amines) is 1. The molecule has 0 spiro atoms. The van der Waals surface area contributed by atoms with Crippen LogP contribution < -0.4 is 5.73 Å².